The van der Waals surface area contributed by atoms with Crippen LogP contribution in [0.5, 0.6) is 0 Å². The van der Waals surface area contributed by atoms with Crippen molar-refractivity contribution in [3.63, 3.8) is 0 Å². The summed E-state index contributed by atoms with van der Waals surface area (Å²) >= 11 is 18.9. The first-order chi connectivity index (χ1) is 18.7. The quantitative estimate of drug-likeness (QED) is 0.277. The van der Waals surface area contributed by atoms with Gasteiger partial charge in [0.25, 0.3) is 10.0 Å². The van der Waals surface area contributed by atoms with E-state index in [1.165, 1.54) is 35.2 Å². The standard InChI is InChI=1S/C29H32Cl3N3O4S/c1-5-25(28(37)33-29(2,3)4)34(18-20-11-9-10-14-23(20)31)27(36)19-35(26-16-15-21(30)17-24(26)32)40(38,39)22-12-7-6-8-13-22/h6-17,25H,5,18-19H2,1-4H3,(H,33,37)/t25-/m0/s1. The summed E-state index contributed by atoms with van der Waals surface area (Å²) in [5, 5.41) is 3.71. The number of nitrogens with one attached hydrogen (secondary N) is 1. The summed E-state index contributed by atoms with van der Waals surface area (Å²) in [5.74, 6) is -0.973. The van der Waals surface area contributed by atoms with Crippen LogP contribution < -0.4 is 9.62 Å². The van der Waals surface area contributed by atoms with Crippen molar-refractivity contribution >= 4 is 62.3 Å². The molecule has 0 aliphatic rings. The number of carbonyl (C=O) groups excluding carboxylic acids is 2. The fourth-order valence-corrected chi connectivity index (χ4v) is 6.31. The third-order valence-electron chi connectivity index (χ3n) is 5.97. The Balaban J connectivity index is 2.11. The second-order valence-electron chi connectivity index (χ2n) is 10.2. The number of hydrogen-bond acceptors (Lipinski definition) is 4. The summed E-state index contributed by atoms with van der Waals surface area (Å²) in [6, 6.07) is 18.2. The van der Waals surface area contributed by atoms with E-state index in [9.17, 15) is 18.0 Å². The Morgan fingerprint density at radius 2 is 1.52 bits per heavy atom. The number of rotatable bonds is 10. The van der Waals surface area contributed by atoms with Gasteiger partial charge in [0.05, 0.1) is 15.6 Å². The van der Waals surface area contributed by atoms with Gasteiger partial charge in [0.1, 0.15) is 12.6 Å². The van der Waals surface area contributed by atoms with Gasteiger partial charge in [0.2, 0.25) is 11.8 Å². The Kier molecular flexibility index (Phi) is 10.5. The number of carbonyl (C=O) groups is 2. The maximum absolute atomic E-state index is 14.1. The van der Waals surface area contributed by atoms with E-state index >= 15 is 0 Å². The van der Waals surface area contributed by atoms with Crippen molar-refractivity contribution in [2.45, 2.75) is 57.1 Å². The van der Waals surface area contributed by atoms with E-state index in [1.807, 2.05) is 20.8 Å². The molecule has 0 heterocycles. The van der Waals surface area contributed by atoms with E-state index in [4.69, 9.17) is 34.8 Å². The smallest absolute Gasteiger partial charge is 0.264 e. The van der Waals surface area contributed by atoms with Crippen LogP contribution in [0.4, 0.5) is 5.69 Å². The lowest BCUT2D eigenvalue weighted by Crippen LogP contribution is -2.55. The average Bonchev–Trinajstić information content (AvgIpc) is 2.88. The predicted octanol–water partition coefficient (Wildman–Crippen LogP) is 6.56. The van der Waals surface area contributed by atoms with Gasteiger partial charge < -0.3 is 10.2 Å². The molecule has 1 N–H and O–H groups in total. The van der Waals surface area contributed by atoms with E-state index in [1.54, 1.807) is 49.4 Å². The second-order valence-corrected chi connectivity index (χ2v) is 13.3. The Bertz CT molecular complexity index is 1460. The average molecular weight is 625 g/mol. The summed E-state index contributed by atoms with van der Waals surface area (Å²) in [7, 11) is -4.25. The maximum atomic E-state index is 14.1. The third-order valence-corrected chi connectivity index (χ3v) is 8.65. The summed E-state index contributed by atoms with van der Waals surface area (Å²) in [4.78, 5) is 28.8. The van der Waals surface area contributed by atoms with Crippen LogP contribution in [0.1, 0.15) is 39.7 Å². The molecule has 0 spiro atoms. The Hall–Kier alpha value is -2.78. The Labute approximate surface area is 251 Å². The molecule has 0 aromatic heterocycles. The van der Waals surface area contributed by atoms with Crippen LogP contribution in [-0.2, 0) is 26.2 Å². The Morgan fingerprint density at radius 1 is 0.900 bits per heavy atom. The van der Waals surface area contributed by atoms with Crippen LogP contribution >= 0.6 is 34.8 Å². The van der Waals surface area contributed by atoms with Crippen LogP contribution in [-0.4, -0.2) is 43.3 Å². The van der Waals surface area contributed by atoms with Crippen LogP contribution in [0.15, 0.2) is 77.7 Å². The highest BCUT2D eigenvalue weighted by Gasteiger charge is 2.35. The van der Waals surface area contributed by atoms with Gasteiger partial charge in [-0.05, 0) is 69.2 Å². The minimum absolute atomic E-state index is 0.0118. The minimum Gasteiger partial charge on any atom is -0.350 e. The van der Waals surface area contributed by atoms with Crippen molar-refractivity contribution < 1.29 is 18.0 Å². The second kappa shape index (κ2) is 13.3. The summed E-state index contributed by atoms with van der Waals surface area (Å²) < 4.78 is 28.7. The number of hydrogen-bond donors (Lipinski definition) is 1. The third kappa shape index (κ3) is 7.91. The molecule has 0 fully saturated rings. The molecule has 214 valence electrons. The highest BCUT2D eigenvalue weighted by atomic mass is 35.5. The molecule has 0 radical (unpaired) electrons. The van der Waals surface area contributed by atoms with Gasteiger partial charge in [-0.25, -0.2) is 8.42 Å². The molecule has 3 aromatic rings. The molecular formula is C29H32Cl3N3O4S. The zero-order valence-corrected chi connectivity index (χ0v) is 25.8. The first-order valence-corrected chi connectivity index (χ1v) is 15.2. The lowest BCUT2D eigenvalue weighted by molar-refractivity contribution is -0.141. The summed E-state index contributed by atoms with van der Waals surface area (Å²) in [6.07, 6.45) is 0.283. The predicted molar refractivity (Wildman–Crippen MR) is 161 cm³/mol. The number of anilines is 1. The van der Waals surface area contributed by atoms with Crippen molar-refractivity contribution in [3.8, 4) is 0 Å². The summed E-state index contributed by atoms with van der Waals surface area (Å²) in [5.41, 5.74) is 0.137. The van der Waals surface area contributed by atoms with E-state index in [2.05, 4.69) is 5.32 Å². The molecule has 3 aromatic carbocycles. The molecule has 1 atom stereocenters. The van der Waals surface area contributed by atoms with Crippen LogP contribution in [0.25, 0.3) is 0 Å². The SMILES string of the molecule is CC[C@@H](C(=O)NC(C)(C)C)N(Cc1ccccc1Cl)C(=O)CN(c1ccc(Cl)cc1Cl)S(=O)(=O)c1ccccc1. The molecule has 0 saturated heterocycles. The lowest BCUT2D eigenvalue weighted by Gasteiger charge is -2.35. The van der Waals surface area contributed by atoms with E-state index in [0.29, 0.717) is 15.6 Å². The molecule has 0 aliphatic carbocycles. The van der Waals surface area contributed by atoms with E-state index in [-0.39, 0.29) is 34.5 Å². The molecule has 40 heavy (non-hydrogen) atoms. The van der Waals surface area contributed by atoms with Crippen molar-refractivity contribution in [3.05, 3.63) is 93.4 Å². The Morgan fingerprint density at radius 3 is 2.10 bits per heavy atom. The van der Waals surface area contributed by atoms with Crippen molar-refractivity contribution in [1.82, 2.24) is 10.2 Å². The van der Waals surface area contributed by atoms with Crippen LogP contribution in [0.2, 0.25) is 15.1 Å². The topological polar surface area (TPSA) is 86.8 Å². The maximum Gasteiger partial charge on any atom is 0.264 e. The minimum atomic E-state index is -4.25. The zero-order chi connectivity index (χ0) is 29.7. The molecule has 7 nitrogen and oxygen atoms in total. The molecule has 0 saturated carbocycles. The number of sulfonamides is 1. The molecule has 0 aliphatic heterocycles. The number of nitrogens with zero attached hydrogens (tertiary/aromatic N) is 2. The van der Waals surface area contributed by atoms with Gasteiger partial charge in [0.15, 0.2) is 0 Å². The van der Waals surface area contributed by atoms with Crippen LogP contribution in [0.3, 0.4) is 0 Å². The van der Waals surface area contributed by atoms with Crippen molar-refractivity contribution in [2.75, 3.05) is 10.8 Å². The van der Waals surface area contributed by atoms with Gasteiger partial charge in [0, 0.05) is 22.1 Å². The molecule has 11 heteroatoms. The zero-order valence-electron chi connectivity index (χ0n) is 22.7. The molecule has 0 unspecified atom stereocenters. The molecule has 3 rings (SSSR count). The summed E-state index contributed by atoms with van der Waals surface area (Å²) in [6.45, 7) is 6.68. The number of amides is 2. The van der Waals surface area contributed by atoms with Gasteiger partial charge in [-0.3, -0.25) is 13.9 Å². The number of benzene rings is 3. The van der Waals surface area contributed by atoms with Gasteiger partial charge in [-0.1, -0.05) is 78.1 Å². The van der Waals surface area contributed by atoms with Gasteiger partial charge >= 0.3 is 0 Å². The largest absolute Gasteiger partial charge is 0.350 e. The normalized spacial score (nSPS) is 12.5. The molecular weight excluding hydrogens is 593 g/mol. The highest BCUT2D eigenvalue weighted by Crippen LogP contribution is 2.33. The molecule has 2 amide bonds. The van der Waals surface area contributed by atoms with E-state index < -0.39 is 34.1 Å². The van der Waals surface area contributed by atoms with Gasteiger partial charge in [-0.15, -0.1) is 0 Å². The van der Waals surface area contributed by atoms with Crippen LogP contribution in [0, 0.1) is 0 Å². The fraction of sp³-hybridized carbons (Fsp3) is 0.310. The monoisotopic (exact) mass is 623 g/mol. The number of halogens is 3. The van der Waals surface area contributed by atoms with Crippen molar-refractivity contribution in [2.24, 2.45) is 0 Å². The van der Waals surface area contributed by atoms with E-state index in [0.717, 1.165) is 4.31 Å². The van der Waals surface area contributed by atoms with Crippen molar-refractivity contribution in [1.29, 1.82) is 0 Å². The van der Waals surface area contributed by atoms with Gasteiger partial charge in [-0.2, -0.15) is 0 Å². The molecule has 0 bridgehead atoms. The highest BCUT2D eigenvalue weighted by molar-refractivity contribution is 7.92. The fourth-order valence-electron chi connectivity index (χ4n) is 4.10. The lowest BCUT2D eigenvalue weighted by atomic mass is 10.1. The first kappa shape index (κ1) is 31.7. The first-order valence-electron chi connectivity index (χ1n) is 12.6.